The van der Waals surface area contributed by atoms with Crippen molar-refractivity contribution in [1.29, 1.82) is 0 Å². The minimum Gasteiger partial charge on any atom is -0.268 e. The Morgan fingerprint density at radius 2 is 1.16 bits per heavy atom. The molecule has 0 bridgehead atoms. The van der Waals surface area contributed by atoms with Crippen molar-refractivity contribution in [3.05, 3.63) is 35.4 Å². The summed E-state index contributed by atoms with van der Waals surface area (Å²) >= 11 is 0. The second-order valence-corrected chi connectivity index (χ2v) is 11.6. The van der Waals surface area contributed by atoms with Gasteiger partial charge in [0.2, 0.25) is 0 Å². The minimum atomic E-state index is -1.31. The molecule has 25 heavy (non-hydrogen) atoms. The fourth-order valence-corrected chi connectivity index (χ4v) is 8.61. The van der Waals surface area contributed by atoms with Crippen molar-refractivity contribution in [2.75, 3.05) is 24.8 Å². The van der Waals surface area contributed by atoms with Crippen LogP contribution in [0.3, 0.4) is 0 Å². The quantitative estimate of drug-likeness (QED) is 0.376. The minimum absolute atomic E-state index is 0.0746. The fourth-order valence-electron chi connectivity index (χ4n) is 3.70. The van der Waals surface area contributed by atoms with Crippen LogP contribution in [0.15, 0.2) is 24.3 Å². The van der Waals surface area contributed by atoms with Gasteiger partial charge in [-0.3, -0.25) is 9.59 Å². The Bertz CT molecular complexity index is 543. The Morgan fingerprint density at radius 1 is 0.760 bits per heavy atom. The molecule has 0 aromatic heterocycles. The van der Waals surface area contributed by atoms with Crippen LogP contribution in [0.5, 0.6) is 0 Å². The summed E-state index contributed by atoms with van der Waals surface area (Å²) in [6.07, 6.45) is 11.5. The molecular weight excluding hydrogens is 329 g/mol. The maximum Gasteiger partial charge on any atom is 0.264 e. The predicted molar refractivity (Wildman–Crippen MR) is 108 cm³/mol. The summed E-state index contributed by atoms with van der Waals surface area (Å²) in [7, 11) is -1.31. The average Bonchev–Trinajstić information content (AvgIpc) is 2.88. The number of fused-ring (bicyclic) bond motifs is 1. The van der Waals surface area contributed by atoms with Gasteiger partial charge in [-0.2, -0.15) is 0 Å². The van der Waals surface area contributed by atoms with E-state index < -0.39 is 7.26 Å². The number of carbonyl (C=O) groups excluding carboxylic acids is 2. The monoisotopic (exact) mass is 362 g/mol. The normalized spacial score (nSPS) is 14.3. The van der Waals surface area contributed by atoms with Gasteiger partial charge in [0.15, 0.2) is 0 Å². The SMILES string of the molecule is CCCC[P+](CCCC)(CCCC)CN1C(=O)c2ccccc2C1=O. The third-order valence-electron chi connectivity index (χ3n) is 5.28. The molecule has 0 atom stereocenters. The van der Waals surface area contributed by atoms with Crippen LogP contribution in [0.2, 0.25) is 0 Å². The molecule has 1 aliphatic heterocycles. The lowest BCUT2D eigenvalue weighted by molar-refractivity contribution is 0.0681. The fraction of sp³-hybridized carbons (Fsp3) is 0.619. The smallest absolute Gasteiger partial charge is 0.264 e. The van der Waals surface area contributed by atoms with Crippen molar-refractivity contribution < 1.29 is 9.59 Å². The summed E-state index contributed by atoms with van der Waals surface area (Å²) in [5.41, 5.74) is 1.18. The van der Waals surface area contributed by atoms with Crippen molar-refractivity contribution in [3.63, 3.8) is 0 Å². The molecule has 0 fully saturated rings. The zero-order chi connectivity index (χ0) is 18.3. The second kappa shape index (κ2) is 9.48. The number of nitrogens with zero attached hydrogens (tertiary/aromatic N) is 1. The van der Waals surface area contributed by atoms with Crippen molar-refractivity contribution in [2.24, 2.45) is 0 Å². The van der Waals surface area contributed by atoms with Crippen LogP contribution in [-0.2, 0) is 0 Å². The Balaban J connectivity index is 2.25. The van der Waals surface area contributed by atoms with E-state index in [-0.39, 0.29) is 11.8 Å². The summed E-state index contributed by atoms with van der Waals surface area (Å²) < 4.78 is 0. The van der Waals surface area contributed by atoms with Crippen molar-refractivity contribution in [2.45, 2.75) is 59.3 Å². The van der Waals surface area contributed by atoms with Crippen LogP contribution < -0.4 is 0 Å². The molecule has 2 rings (SSSR count). The molecule has 3 nitrogen and oxygen atoms in total. The van der Waals surface area contributed by atoms with E-state index in [4.69, 9.17) is 0 Å². The molecule has 1 aliphatic rings. The molecule has 0 aliphatic carbocycles. The van der Waals surface area contributed by atoms with E-state index in [2.05, 4.69) is 20.8 Å². The predicted octanol–water partition coefficient (Wildman–Crippen LogP) is 5.66. The number of benzene rings is 1. The molecule has 0 saturated carbocycles. The highest BCUT2D eigenvalue weighted by Crippen LogP contribution is 2.61. The maximum atomic E-state index is 12.8. The van der Waals surface area contributed by atoms with Crippen LogP contribution in [-0.4, -0.2) is 41.5 Å². The lowest BCUT2D eigenvalue weighted by Crippen LogP contribution is -2.34. The van der Waals surface area contributed by atoms with Gasteiger partial charge in [0, 0.05) is 7.26 Å². The van der Waals surface area contributed by atoms with Crippen LogP contribution in [0.1, 0.15) is 80.0 Å². The topological polar surface area (TPSA) is 37.4 Å². The van der Waals surface area contributed by atoms with Gasteiger partial charge in [-0.15, -0.1) is 0 Å². The first kappa shape index (κ1) is 20.1. The molecule has 0 spiro atoms. The van der Waals surface area contributed by atoms with Crippen molar-refractivity contribution >= 4 is 19.1 Å². The van der Waals surface area contributed by atoms with Gasteiger partial charge < -0.3 is 0 Å². The van der Waals surface area contributed by atoms with Crippen molar-refractivity contribution in [1.82, 2.24) is 4.90 Å². The van der Waals surface area contributed by atoms with Gasteiger partial charge in [0.1, 0.15) is 6.29 Å². The average molecular weight is 362 g/mol. The van der Waals surface area contributed by atoms with E-state index in [1.807, 2.05) is 12.1 Å². The van der Waals surface area contributed by atoms with Crippen LogP contribution >= 0.6 is 7.26 Å². The summed E-state index contributed by atoms with van der Waals surface area (Å²) in [6, 6.07) is 7.28. The molecule has 0 radical (unpaired) electrons. The van der Waals surface area contributed by atoms with Crippen LogP contribution in [0.25, 0.3) is 0 Å². The number of carbonyl (C=O) groups is 2. The highest BCUT2D eigenvalue weighted by atomic mass is 31.2. The standard InChI is InChI=1S/C21H33NO2P/c1-4-7-14-25(15-8-5-2,16-9-6-3)17-22-20(23)18-12-10-11-13-19(18)21(22)24/h10-13H,4-9,14-17H2,1-3H3/q+1. The van der Waals surface area contributed by atoms with E-state index in [0.29, 0.717) is 17.4 Å². The number of rotatable bonds is 11. The van der Waals surface area contributed by atoms with Crippen molar-refractivity contribution in [3.8, 4) is 0 Å². The Kier molecular flexibility index (Phi) is 7.62. The van der Waals surface area contributed by atoms with Gasteiger partial charge in [0.05, 0.1) is 29.6 Å². The molecule has 4 heteroatoms. The number of amides is 2. The van der Waals surface area contributed by atoms with E-state index >= 15 is 0 Å². The lowest BCUT2D eigenvalue weighted by Gasteiger charge is -2.31. The Labute approximate surface area is 153 Å². The number of imide groups is 1. The third kappa shape index (κ3) is 4.70. The van der Waals surface area contributed by atoms with E-state index in [9.17, 15) is 9.59 Å². The molecule has 0 N–H and O–H groups in total. The van der Waals surface area contributed by atoms with Crippen LogP contribution in [0, 0.1) is 0 Å². The van der Waals surface area contributed by atoms with Gasteiger partial charge in [-0.05, 0) is 31.4 Å². The van der Waals surface area contributed by atoms with Gasteiger partial charge >= 0.3 is 0 Å². The van der Waals surface area contributed by atoms with E-state index in [0.717, 1.165) is 0 Å². The molecule has 0 saturated heterocycles. The van der Waals surface area contributed by atoms with E-state index in [1.54, 1.807) is 17.0 Å². The summed E-state index contributed by atoms with van der Waals surface area (Å²) in [5.74, 6) is -0.149. The first-order valence-electron chi connectivity index (χ1n) is 9.89. The largest absolute Gasteiger partial charge is 0.268 e. The highest BCUT2D eigenvalue weighted by Gasteiger charge is 2.45. The third-order valence-corrected chi connectivity index (χ3v) is 9.96. The number of hydrogen-bond acceptors (Lipinski definition) is 2. The number of hydrogen-bond donors (Lipinski definition) is 0. The summed E-state index contributed by atoms with van der Waals surface area (Å²) in [6.45, 7) is 6.70. The molecule has 138 valence electrons. The zero-order valence-electron chi connectivity index (χ0n) is 16.1. The first-order valence-corrected chi connectivity index (χ1v) is 12.4. The van der Waals surface area contributed by atoms with Gasteiger partial charge in [-0.25, -0.2) is 4.90 Å². The van der Waals surface area contributed by atoms with Crippen LogP contribution in [0.4, 0.5) is 0 Å². The molecule has 0 unspecified atom stereocenters. The van der Waals surface area contributed by atoms with Gasteiger partial charge in [0.25, 0.3) is 11.8 Å². The lowest BCUT2D eigenvalue weighted by atomic mass is 10.1. The van der Waals surface area contributed by atoms with E-state index in [1.165, 1.54) is 57.0 Å². The second-order valence-electron chi connectivity index (χ2n) is 7.30. The molecule has 2 amide bonds. The summed E-state index contributed by atoms with van der Waals surface area (Å²) in [5, 5.41) is 0. The van der Waals surface area contributed by atoms with Gasteiger partial charge in [-0.1, -0.05) is 52.2 Å². The zero-order valence-corrected chi connectivity index (χ0v) is 17.0. The first-order chi connectivity index (χ1) is 12.1. The molecule has 1 heterocycles. The molecule has 1 aromatic carbocycles. The highest BCUT2D eigenvalue weighted by molar-refractivity contribution is 7.75. The molecular formula is C21H33NO2P+. The Morgan fingerprint density at radius 3 is 1.52 bits per heavy atom. The summed E-state index contributed by atoms with van der Waals surface area (Å²) in [4.78, 5) is 27.2. The molecule has 1 aromatic rings. The number of unbranched alkanes of at least 4 members (excludes halogenated alkanes) is 3. The Hall–Kier alpha value is -1.21. The maximum absolute atomic E-state index is 12.8.